The number of halogens is 2. The standard InChI is InChI=1S/C14H14BrClN2S/c1-9(2)19-8-11-17-13(12(15)14(16)18-11)10-6-4-3-5-7-10/h3-7,9H,8H2,1-2H3. The summed E-state index contributed by atoms with van der Waals surface area (Å²) >= 11 is 11.4. The first-order chi connectivity index (χ1) is 9.08. The highest BCUT2D eigenvalue weighted by Gasteiger charge is 2.12. The molecular weight excluding hydrogens is 344 g/mol. The summed E-state index contributed by atoms with van der Waals surface area (Å²) in [5.74, 6) is 1.54. The molecule has 1 aromatic heterocycles. The van der Waals surface area contributed by atoms with Gasteiger partial charge in [-0.3, -0.25) is 0 Å². The van der Waals surface area contributed by atoms with E-state index in [0.29, 0.717) is 10.4 Å². The van der Waals surface area contributed by atoms with Crippen LogP contribution in [0, 0.1) is 0 Å². The average molecular weight is 358 g/mol. The molecular formula is C14H14BrClN2S. The van der Waals surface area contributed by atoms with Gasteiger partial charge in [0.15, 0.2) is 0 Å². The molecule has 1 aromatic carbocycles. The van der Waals surface area contributed by atoms with Crippen molar-refractivity contribution in [2.45, 2.75) is 24.9 Å². The van der Waals surface area contributed by atoms with E-state index in [9.17, 15) is 0 Å². The number of benzene rings is 1. The molecule has 0 saturated carbocycles. The van der Waals surface area contributed by atoms with Crippen LogP contribution in [0.1, 0.15) is 19.7 Å². The van der Waals surface area contributed by atoms with Crippen molar-refractivity contribution in [3.63, 3.8) is 0 Å². The van der Waals surface area contributed by atoms with E-state index >= 15 is 0 Å². The van der Waals surface area contributed by atoms with E-state index in [1.807, 2.05) is 30.3 Å². The molecule has 0 amide bonds. The van der Waals surface area contributed by atoms with Crippen molar-refractivity contribution in [2.24, 2.45) is 0 Å². The lowest BCUT2D eigenvalue weighted by Gasteiger charge is -2.09. The molecule has 1 heterocycles. The Morgan fingerprint density at radius 3 is 2.53 bits per heavy atom. The van der Waals surface area contributed by atoms with Gasteiger partial charge in [0.1, 0.15) is 11.0 Å². The maximum Gasteiger partial charge on any atom is 0.147 e. The van der Waals surface area contributed by atoms with Gasteiger partial charge in [0.25, 0.3) is 0 Å². The van der Waals surface area contributed by atoms with Crippen LogP contribution < -0.4 is 0 Å². The van der Waals surface area contributed by atoms with E-state index in [4.69, 9.17) is 11.6 Å². The predicted octanol–water partition coefficient (Wildman–Crippen LogP) is 5.20. The van der Waals surface area contributed by atoms with E-state index < -0.39 is 0 Å². The fourth-order valence-electron chi connectivity index (χ4n) is 1.56. The van der Waals surface area contributed by atoms with Crippen molar-refractivity contribution < 1.29 is 0 Å². The first-order valence-corrected chi connectivity index (χ1v) is 8.19. The summed E-state index contributed by atoms with van der Waals surface area (Å²) in [5, 5.41) is 1.01. The monoisotopic (exact) mass is 356 g/mol. The highest BCUT2D eigenvalue weighted by atomic mass is 79.9. The molecule has 2 rings (SSSR count). The molecule has 0 unspecified atom stereocenters. The van der Waals surface area contributed by atoms with Crippen LogP contribution in [0.5, 0.6) is 0 Å². The van der Waals surface area contributed by atoms with Gasteiger partial charge >= 0.3 is 0 Å². The van der Waals surface area contributed by atoms with Gasteiger partial charge in [-0.05, 0) is 21.2 Å². The summed E-state index contributed by atoms with van der Waals surface area (Å²) in [6, 6.07) is 9.99. The third-order valence-electron chi connectivity index (χ3n) is 2.45. The minimum atomic E-state index is 0.466. The summed E-state index contributed by atoms with van der Waals surface area (Å²) in [6.07, 6.45) is 0. The van der Waals surface area contributed by atoms with Crippen LogP contribution in [0.15, 0.2) is 34.8 Å². The first kappa shape index (κ1) is 14.8. The van der Waals surface area contributed by atoms with Gasteiger partial charge < -0.3 is 0 Å². The minimum Gasteiger partial charge on any atom is -0.231 e. The van der Waals surface area contributed by atoms with Gasteiger partial charge in [-0.2, -0.15) is 11.8 Å². The molecule has 2 aromatic rings. The highest BCUT2D eigenvalue weighted by molar-refractivity contribution is 9.10. The quantitative estimate of drug-likeness (QED) is 0.703. The Kier molecular flexibility index (Phi) is 5.25. The molecule has 100 valence electrons. The lowest BCUT2D eigenvalue weighted by molar-refractivity contribution is 1.02. The van der Waals surface area contributed by atoms with Crippen molar-refractivity contribution in [1.82, 2.24) is 9.97 Å². The Bertz CT molecular complexity index is 561. The Labute approximate surface area is 131 Å². The lowest BCUT2D eigenvalue weighted by atomic mass is 10.1. The molecule has 0 radical (unpaired) electrons. The van der Waals surface area contributed by atoms with Gasteiger partial charge in [-0.1, -0.05) is 55.8 Å². The molecule has 5 heteroatoms. The van der Waals surface area contributed by atoms with Crippen LogP contribution in [0.4, 0.5) is 0 Å². The normalized spacial score (nSPS) is 11.0. The Morgan fingerprint density at radius 2 is 1.89 bits per heavy atom. The van der Waals surface area contributed by atoms with Crippen LogP contribution in [0.25, 0.3) is 11.3 Å². The molecule has 19 heavy (non-hydrogen) atoms. The van der Waals surface area contributed by atoms with Gasteiger partial charge in [0, 0.05) is 5.56 Å². The Balaban J connectivity index is 2.38. The minimum absolute atomic E-state index is 0.466. The summed E-state index contributed by atoms with van der Waals surface area (Å²) in [7, 11) is 0. The van der Waals surface area contributed by atoms with Gasteiger partial charge in [0.05, 0.1) is 15.9 Å². The van der Waals surface area contributed by atoms with Crippen molar-refractivity contribution in [1.29, 1.82) is 0 Å². The van der Waals surface area contributed by atoms with Crippen LogP contribution in [0.3, 0.4) is 0 Å². The Hall–Kier alpha value is -0.580. The van der Waals surface area contributed by atoms with Crippen molar-refractivity contribution >= 4 is 39.3 Å². The second kappa shape index (κ2) is 6.73. The molecule has 0 saturated heterocycles. The molecule has 0 spiro atoms. The van der Waals surface area contributed by atoms with E-state index in [1.165, 1.54) is 0 Å². The average Bonchev–Trinajstić information content (AvgIpc) is 2.41. The molecule has 0 bridgehead atoms. The second-order valence-corrected chi connectivity index (χ2v) is 7.03. The molecule has 0 fully saturated rings. The van der Waals surface area contributed by atoms with E-state index in [2.05, 4.69) is 39.7 Å². The number of rotatable bonds is 4. The lowest BCUT2D eigenvalue weighted by Crippen LogP contribution is -1.99. The van der Waals surface area contributed by atoms with Crippen molar-refractivity contribution in [3.8, 4) is 11.3 Å². The number of aromatic nitrogens is 2. The molecule has 0 N–H and O–H groups in total. The molecule has 0 aliphatic rings. The highest BCUT2D eigenvalue weighted by Crippen LogP contribution is 2.32. The summed E-state index contributed by atoms with van der Waals surface area (Å²) in [4.78, 5) is 8.93. The topological polar surface area (TPSA) is 25.8 Å². The molecule has 0 aliphatic heterocycles. The number of thioether (sulfide) groups is 1. The zero-order valence-corrected chi connectivity index (χ0v) is 13.9. The number of hydrogen-bond donors (Lipinski definition) is 0. The van der Waals surface area contributed by atoms with Crippen LogP contribution in [0.2, 0.25) is 5.15 Å². The van der Waals surface area contributed by atoms with E-state index in [-0.39, 0.29) is 0 Å². The predicted molar refractivity (Wildman–Crippen MR) is 86.6 cm³/mol. The zero-order chi connectivity index (χ0) is 13.8. The van der Waals surface area contributed by atoms with Crippen molar-refractivity contribution in [2.75, 3.05) is 0 Å². The fourth-order valence-corrected chi connectivity index (χ4v) is 2.76. The smallest absolute Gasteiger partial charge is 0.147 e. The maximum atomic E-state index is 6.18. The van der Waals surface area contributed by atoms with Crippen LogP contribution in [-0.2, 0) is 5.75 Å². The molecule has 2 nitrogen and oxygen atoms in total. The maximum absolute atomic E-state index is 6.18. The summed E-state index contributed by atoms with van der Waals surface area (Å²) in [5.41, 5.74) is 1.88. The SMILES string of the molecule is CC(C)SCc1nc(Cl)c(Br)c(-c2ccccc2)n1. The third kappa shape index (κ3) is 3.94. The van der Waals surface area contributed by atoms with E-state index in [1.54, 1.807) is 11.8 Å². The largest absolute Gasteiger partial charge is 0.231 e. The number of hydrogen-bond acceptors (Lipinski definition) is 3. The summed E-state index contributed by atoms with van der Waals surface area (Å²) in [6.45, 7) is 4.31. The third-order valence-corrected chi connectivity index (χ3v) is 4.79. The van der Waals surface area contributed by atoms with Gasteiger partial charge in [-0.25, -0.2) is 9.97 Å². The molecule has 0 aliphatic carbocycles. The van der Waals surface area contributed by atoms with Crippen LogP contribution >= 0.6 is 39.3 Å². The Morgan fingerprint density at radius 1 is 1.21 bits per heavy atom. The van der Waals surface area contributed by atoms with Gasteiger partial charge in [-0.15, -0.1) is 0 Å². The number of nitrogens with zero attached hydrogens (tertiary/aromatic N) is 2. The van der Waals surface area contributed by atoms with Gasteiger partial charge in [0.2, 0.25) is 0 Å². The zero-order valence-electron chi connectivity index (χ0n) is 10.7. The second-order valence-electron chi connectivity index (χ2n) is 4.32. The molecule has 0 atom stereocenters. The van der Waals surface area contributed by atoms with Crippen LogP contribution in [-0.4, -0.2) is 15.2 Å². The first-order valence-electron chi connectivity index (χ1n) is 5.97. The van der Waals surface area contributed by atoms with E-state index in [0.717, 1.165) is 27.3 Å². The fraction of sp³-hybridized carbons (Fsp3) is 0.286. The van der Waals surface area contributed by atoms with Crippen molar-refractivity contribution in [3.05, 3.63) is 45.8 Å². The summed E-state index contributed by atoms with van der Waals surface area (Å²) < 4.78 is 0.749.